The Hall–Kier alpha value is -2.57. The smallest absolute Gasteiger partial charge is 0.263 e. The summed E-state index contributed by atoms with van der Waals surface area (Å²) in [7, 11) is 0. The molecule has 26 heavy (non-hydrogen) atoms. The van der Waals surface area contributed by atoms with Crippen LogP contribution in [0, 0.1) is 11.6 Å². The maximum Gasteiger partial charge on any atom is 0.263 e. The van der Waals surface area contributed by atoms with Gasteiger partial charge in [-0.3, -0.25) is 9.36 Å². The Morgan fingerprint density at radius 2 is 1.81 bits per heavy atom. The van der Waals surface area contributed by atoms with Crippen LogP contribution in [0.3, 0.4) is 0 Å². The van der Waals surface area contributed by atoms with Gasteiger partial charge in [-0.25, -0.2) is 13.8 Å². The van der Waals surface area contributed by atoms with Crippen LogP contribution >= 0.6 is 22.9 Å². The van der Waals surface area contributed by atoms with Gasteiger partial charge in [0.2, 0.25) is 0 Å². The van der Waals surface area contributed by atoms with Gasteiger partial charge in [-0.2, -0.15) is 0 Å². The molecule has 2 aromatic heterocycles. The Labute approximate surface area is 156 Å². The average Bonchev–Trinajstić information content (AvgIpc) is 3.05. The van der Waals surface area contributed by atoms with Crippen LogP contribution in [-0.4, -0.2) is 9.55 Å². The predicted octanol–water partition coefficient (Wildman–Crippen LogP) is 5.10. The van der Waals surface area contributed by atoms with Crippen LogP contribution in [0.15, 0.2) is 59.0 Å². The van der Waals surface area contributed by atoms with E-state index in [1.807, 2.05) is 5.38 Å². The van der Waals surface area contributed by atoms with Crippen LogP contribution in [0.5, 0.6) is 0 Å². The van der Waals surface area contributed by atoms with Gasteiger partial charge < -0.3 is 0 Å². The first-order valence-corrected chi connectivity index (χ1v) is 8.95. The average molecular weight is 389 g/mol. The van der Waals surface area contributed by atoms with Crippen LogP contribution in [0.2, 0.25) is 5.02 Å². The molecule has 3 nitrogen and oxygen atoms in total. The van der Waals surface area contributed by atoms with Gasteiger partial charge in [-0.05, 0) is 35.4 Å². The van der Waals surface area contributed by atoms with Crippen LogP contribution in [-0.2, 0) is 6.54 Å². The highest BCUT2D eigenvalue weighted by Crippen LogP contribution is 2.30. The van der Waals surface area contributed by atoms with Crippen LogP contribution in [0.4, 0.5) is 8.78 Å². The number of aromatic nitrogens is 2. The molecule has 0 N–H and O–H groups in total. The summed E-state index contributed by atoms with van der Waals surface area (Å²) in [6, 6.07) is 10.0. The van der Waals surface area contributed by atoms with Gasteiger partial charge in [0.15, 0.2) is 0 Å². The molecule has 0 aliphatic carbocycles. The minimum atomic E-state index is -0.434. The molecule has 0 atom stereocenters. The van der Waals surface area contributed by atoms with E-state index in [1.165, 1.54) is 46.5 Å². The molecule has 0 spiro atoms. The molecule has 7 heteroatoms. The molecule has 130 valence electrons. The normalized spacial score (nSPS) is 11.2. The maximum atomic E-state index is 13.2. The van der Waals surface area contributed by atoms with Gasteiger partial charge >= 0.3 is 0 Å². The molecule has 0 bridgehead atoms. The fourth-order valence-corrected chi connectivity index (χ4v) is 3.89. The highest BCUT2D eigenvalue weighted by molar-refractivity contribution is 7.17. The number of hydrogen-bond acceptors (Lipinski definition) is 3. The van der Waals surface area contributed by atoms with E-state index in [4.69, 9.17) is 11.6 Å². The highest BCUT2D eigenvalue weighted by Gasteiger charge is 2.14. The minimum Gasteiger partial charge on any atom is -0.294 e. The summed E-state index contributed by atoms with van der Waals surface area (Å²) >= 11 is 7.42. The first-order valence-electron chi connectivity index (χ1n) is 7.69. The Morgan fingerprint density at radius 1 is 1.08 bits per heavy atom. The summed E-state index contributed by atoms with van der Waals surface area (Å²) in [6.07, 6.45) is 1.45. The van der Waals surface area contributed by atoms with Crippen molar-refractivity contribution in [3.05, 3.63) is 86.7 Å². The largest absolute Gasteiger partial charge is 0.294 e. The molecular formula is C19H11ClF2N2OS. The van der Waals surface area contributed by atoms with Crippen LogP contribution < -0.4 is 5.56 Å². The van der Waals surface area contributed by atoms with E-state index in [-0.39, 0.29) is 22.9 Å². The summed E-state index contributed by atoms with van der Waals surface area (Å²) < 4.78 is 27.8. The topological polar surface area (TPSA) is 34.9 Å². The van der Waals surface area contributed by atoms with Crippen LogP contribution in [0.25, 0.3) is 21.3 Å². The fraction of sp³-hybridized carbons (Fsp3) is 0.0526. The third-order valence-corrected chi connectivity index (χ3v) is 5.31. The van der Waals surface area contributed by atoms with Gasteiger partial charge in [0, 0.05) is 16.0 Å². The van der Waals surface area contributed by atoms with Crippen molar-refractivity contribution in [2.24, 2.45) is 0 Å². The highest BCUT2D eigenvalue weighted by atomic mass is 35.5. The summed E-state index contributed by atoms with van der Waals surface area (Å²) in [5.41, 5.74) is 1.85. The molecule has 0 amide bonds. The molecular weight excluding hydrogens is 378 g/mol. The quantitative estimate of drug-likeness (QED) is 0.489. The number of hydrogen-bond donors (Lipinski definition) is 0. The zero-order valence-electron chi connectivity index (χ0n) is 13.2. The maximum absolute atomic E-state index is 13.2. The molecule has 0 unspecified atom stereocenters. The standard InChI is InChI=1S/C19H11ClF2N2OS/c20-16-7-14(22)6-3-12(16)8-24-10-23-18-17(19(24)25)15(9-26-18)11-1-4-13(21)5-2-11/h1-7,9-10H,8H2. The van der Waals surface area contributed by atoms with E-state index in [9.17, 15) is 13.6 Å². The summed E-state index contributed by atoms with van der Waals surface area (Å²) in [4.78, 5) is 17.9. The lowest BCUT2D eigenvalue weighted by Gasteiger charge is -2.08. The second-order valence-corrected chi connectivity index (χ2v) is 7.02. The Kier molecular flexibility index (Phi) is 4.30. The van der Waals surface area contributed by atoms with Crippen molar-refractivity contribution in [3.8, 4) is 11.1 Å². The van der Waals surface area contributed by atoms with E-state index in [1.54, 1.807) is 18.2 Å². The molecule has 0 aliphatic heterocycles. The van der Waals surface area contributed by atoms with Crippen molar-refractivity contribution in [2.75, 3.05) is 0 Å². The summed E-state index contributed by atoms with van der Waals surface area (Å²) in [5, 5.41) is 2.56. The van der Waals surface area contributed by atoms with Gasteiger partial charge in [-0.15, -0.1) is 11.3 Å². The number of benzene rings is 2. The minimum absolute atomic E-state index is 0.180. The number of halogens is 3. The van der Waals surface area contributed by atoms with Crippen molar-refractivity contribution in [1.29, 1.82) is 0 Å². The molecule has 2 aromatic carbocycles. The fourth-order valence-electron chi connectivity index (χ4n) is 2.76. The molecule has 0 saturated heterocycles. The van der Waals surface area contributed by atoms with E-state index < -0.39 is 5.82 Å². The number of thiophene rings is 1. The van der Waals surface area contributed by atoms with Crippen molar-refractivity contribution >= 4 is 33.2 Å². The molecule has 2 heterocycles. The lowest BCUT2D eigenvalue weighted by molar-refractivity contribution is 0.626. The van der Waals surface area contributed by atoms with E-state index in [2.05, 4.69) is 4.98 Å². The zero-order chi connectivity index (χ0) is 18.3. The SMILES string of the molecule is O=c1c2c(-c3ccc(F)cc3)csc2ncn1Cc1ccc(F)cc1Cl. The first-order chi connectivity index (χ1) is 12.5. The molecule has 0 aliphatic rings. The lowest BCUT2D eigenvalue weighted by atomic mass is 10.1. The zero-order valence-corrected chi connectivity index (χ0v) is 14.8. The Balaban J connectivity index is 1.82. The Morgan fingerprint density at radius 3 is 2.54 bits per heavy atom. The third-order valence-electron chi connectivity index (χ3n) is 4.07. The first kappa shape index (κ1) is 16.9. The van der Waals surface area contributed by atoms with Gasteiger partial charge in [0.25, 0.3) is 5.56 Å². The summed E-state index contributed by atoms with van der Waals surface area (Å²) in [6.45, 7) is 0.180. The second-order valence-electron chi connectivity index (χ2n) is 5.75. The van der Waals surface area contributed by atoms with Gasteiger partial charge in [0.05, 0.1) is 18.3 Å². The van der Waals surface area contributed by atoms with Crippen LogP contribution in [0.1, 0.15) is 5.56 Å². The number of nitrogens with zero attached hydrogens (tertiary/aromatic N) is 2. The second kappa shape index (κ2) is 6.63. The molecule has 4 rings (SSSR count). The predicted molar refractivity (Wildman–Crippen MR) is 99.8 cm³/mol. The van der Waals surface area contributed by atoms with Crippen molar-refractivity contribution < 1.29 is 8.78 Å². The van der Waals surface area contributed by atoms with Crippen molar-refractivity contribution in [1.82, 2.24) is 9.55 Å². The van der Waals surface area contributed by atoms with Gasteiger partial charge in [-0.1, -0.05) is 29.8 Å². The molecule has 4 aromatic rings. The van der Waals surface area contributed by atoms with E-state index >= 15 is 0 Å². The molecule has 0 radical (unpaired) electrons. The van der Waals surface area contributed by atoms with Gasteiger partial charge in [0.1, 0.15) is 16.5 Å². The van der Waals surface area contributed by atoms with E-state index in [0.29, 0.717) is 21.3 Å². The van der Waals surface area contributed by atoms with Crippen molar-refractivity contribution in [3.63, 3.8) is 0 Å². The van der Waals surface area contributed by atoms with E-state index in [0.717, 1.165) is 5.56 Å². The molecule has 0 saturated carbocycles. The number of rotatable bonds is 3. The summed E-state index contributed by atoms with van der Waals surface area (Å²) in [5.74, 6) is -0.772. The lowest BCUT2D eigenvalue weighted by Crippen LogP contribution is -2.21. The number of fused-ring (bicyclic) bond motifs is 1. The van der Waals surface area contributed by atoms with Crippen molar-refractivity contribution in [2.45, 2.75) is 6.54 Å². The molecule has 0 fully saturated rings. The monoisotopic (exact) mass is 388 g/mol. The Bertz CT molecular complexity index is 1170. The third kappa shape index (κ3) is 3.02.